The Morgan fingerprint density at radius 1 is 1.11 bits per heavy atom. The monoisotopic (exact) mass is 496 g/mol. The van der Waals surface area contributed by atoms with Gasteiger partial charge in [-0.3, -0.25) is 9.51 Å². The van der Waals surface area contributed by atoms with Crippen molar-refractivity contribution >= 4 is 22.2 Å². The number of aryl methyl sites for hydroxylation is 1. The van der Waals surface area contributed by atoms with Crippen LogP contribution >= 0.6 is 0 Å². The van der Waals surface area contributed by atoms with Crippen molar-refractivity contribution in [2.75, 3.05) is 0 Å². The summed E-state index contributed by atoms with van der Waals surface area (Å²) in [6.07, 6.45) is 1.90. The Morgan fingerprint density at radius 2 is 1.95 bits per heavy atom. The number of aromatic nitrogens is 4. The molecule has 1 aliphatic heterocycles. The minimum absolute atomic E-state index is 0.276. The zero-order valence-electron chi connectivity index (χ0n) is 20.5. The van der Waals surface area contributed by atoms with Crippen molar-refractivity contribution in [1.29, 1.82) is 0 Å². The molecule has 1 N–H and O–H groups in total. The normalized spacial score (nSPS) is 14.1. The molecule has 186 valence electrons. The minimum atomic E-state index is -0.634. The van der Waals surface area contributed by atoms with Crippen molar-refractivity contribution in [3.8, 4) is 5.75 Å². The number of rotatable bonds is 5. The minimum Gasteiger partial charge on any atom is -0.488 e. The number of aromatic amines is 1. The first kappa shape index (κ1) is 23.0. The van der Waals surface area contributed by atoms with Crippen molar-refractivity contribution in [1.82, 2.24) is 19.7 Å². The Balaban J connectivity index is 1.48. The molecule has 0 amide bonds. The van der Waals surface area contributed by atoms with Gasteiger partial charge in [0.15, 0.2) is 5.82 Å². The van der Waals surface area contributed by atoms with Gasteiger partial charge in [0.05, 0.1) is 11.0 Å². The number of allylic oxidation sites excluding steroid dienone is 1. The number of nitrogens with zero attached hydrogens (tertiary/aromatic N) is 3. The molecule has 7 nitrogen and oxygen atoms in total. The fourth-order valence-corrected chi connectivity index (χ4v) is 5.04. The van der Waals surface area contributed by atoms with E-state index in [9.17, 15) is 9.18 Å². The van der Waals surface area contributed by atoms with Crippen LogP contribution in [0, 0.1) is 5.82 Å². The summed E-state index contributed by atoms with van der Waals surface area (Å²) in [5.41, 5.74) is 7.31. The van der Waals surface area contributed by atoms with Gasteiger partial charge in [-0.05, 0) is 65.9 Å². The summed E-state index contributed by atoms with van der Waals surface area (Å²) in [4.78, 5) is 19.1. The third kappa shape index (κ3) is 4.14. The van der Waals surface area contributed by atoms with Crippen LogP contribution in [0.1, 0.15) is 54.2 Å². The first-order valence-electron chi connectivity index (χ1n) is 12.3. The predicted octanol–water partition coefficient (Wildman–Crippen LogP) is 5.72. The highest BCUT2D eigenvalue weighted by molar-refractivity contribution is 5.99. The second kappa shape index (κ2) is 9.20. The van der Waals surface area contributed by atoms with E-state index in [0.29, 0.717) is 23.7 Å². The molecule has 0 aliphatic carbocycles. The summed E-state index contributed by atoms with van der Waals surface area (Å²) >= 11 is 0. The Kier molecular flexibility index (Phi) is 5.71. The van der Waals surface area contributed by atoms with Crippen LogP contribution < -0.4 is 10.5 Å². The van der Waals surface area contributed by atoms with E-state index in [2.05, 4.69) is 45.9 Å². The molecule has 5 aromatic rings. The van der Waals surface area contributed by atoms with Gasteiger partial charge in [-0.15, -0.1) is 0 Å². The number of nitrogens with one attached hydrogen (secondary N) is 1. The summed E-state index contributed by atoms with van der Waals surface area (Å²) in [5, 5.41) is 3.88. The first-order chi connectivity index (χ1) is 18.0. The Hall–Kier alpha value is -4.46. The largest absolute Gasteiger partial charge is 0.488 e. The average molecular weight is 497 g/mol. The molecule has 37 heavy (non-hydrogen) atoms. The lowest BCUT2D eigenvalue weighted by atomic mass is 9.89. The van der Waals surface area contributed by atoms with Gasteiger partial charge in [-0.2, -0.15) is 0 Å². The van der Waals surface area contributed by atoms with Crippen LogP contribution in [-0.4, -0.2) is 19.7 Å². The zero-order chi connectivity index (χ0) is 25.5. The maximum Gasteiger partial charge on any atom is 0.439 e. The van der Waals surface area contributed by atoms with Crippen LogP contribution in [0.5, 0.6) is 5.75 Å². The van der Waals surface area contributed by atoms with E-state index in [1.54, 1.807) is 6.07 Å². The van der Waals surface area contributed by atoms with Crippen LogP contribution in [0.25, 0.3) is 22.2 Å². The van der Waals surface area contributed by atoms with Gasteiger partial charge in [0.25, 0.3) is 0 Å². The van der Waals surface area contributed by atoms with Gasteiger partial charge in [0, 0.05) is 30.2 Å². The fourth-order valence-electron chi connectivity index (χ4n) is 5.04. The number of H-pyrrole nitrogens is 1. The van der Waals surface area contributed by atoms with Crippen LogP contribution in [-0.2, 0) is 19.6 Å². The number of hydrogen-bond acceptors (Lipinski definition) is 5. The summed E-state index contributed by atoms with van der Waals surface area (Å²) in [6, 6.07) is 18.9. The fraction of sp³-hybridized carbons (Fsp3) is 0.207. The van der Waals surface area contributed by atoms with Gasteiger partial charge in [-0.1, -0.05) is 36.3 Å². The molecule has 3 heterocycles. The van der Waals surface area contributed by atoms with Gasteiger partial charge >= 0.3 is 5.76 Å². The van der Waals surface area contributed by atoms with E-state index in [1.807, 2.05) is 25.1 Å². The van der Waals surface area contributed by atoms with Gasteiger partial charge in [0.1, 0.15) is 24.0 Å². The standard InChI is InChI=1S/C29H25FN4O3/c1-3-6-26-31-23-7-4-5-8-24(23)34(26)15-18-9-11-21-19(13-18)16-36-25-14-20(30)10-12-22(25)27(21)17(2)28-32-29(35)37-33-28/h4-5,7-14H,3,6,15-16H2,1-2H3,(H,32,33,35)/b27-17+. The van der Waals surface area contributed by atoms with Crippen molar-refractivity contribution < 1.29 is 13.7 Å². The average Bonchev–Trinajstić information content (AvgIpc) is 3.44. The molecule has 8 heteroatoms. The summed E-state index contributed by atoms with van der Waals surface area (Å²) < 4.78 is 27.2. The van der Waals surface area contributed by atoms with Gasteiger partial charge < -0.3 is 9.30 Å². The van der Waals surface area contributed by atoms with E-state index < -0.39 is 5.76 Å². The lowest BCUT2D eigenvalue weighted by Crippen LogP contribution is -2.07. The molecule has 1 aliphatic rings. The third-order valence-electron chi connectivity index (χ3n) is 6.75. The van der Waals surface area contributed by atoms with E-state index in [1.165, 1.54) is 12.1 Å². The number of imidazole rings is 1. The molecule has 0 fully saturated rings. The maximum atomic E-state index is 14.1. The zero-order valence-corrected chi connectivity index (χ0v) is 20.5. The van der Waals surface area contributed by atoms with Crippen molar-refractivity contribution in [2.45, 2.75) is 39.8 Å². The number of para-hydroxylation sites is 2. The predicted molar refractivity (Wildman–Crippen MR) is 139 cm³/mol. The van der Waals surface area contributed by atoms with Gasteiger partial charge in [0.2, 0.25) is 0 Å². The van der Waals surface area contributed by atoms with Crippen molar-refractivity contribution in [2.24, 2.45) is 0 Å². The molecule has 0 atom stereocenters. The number of halogens is 1. The molecule has 2 aromatic heterocycles. The quantitative estimate of drug-likeness (QED) is 0.336. The molecule has 0 radical (unpaired) electrons. The highest BCUT2D eigenvalue weighted by atomic mass is 19.1. The highest BCUT2D eigenvalue weighted by Gasteiger charge is 2.24. The summed E-state index contributed by atoms with van der Waals surface area (Å²) in [6.45, 7) is 4.95. The van der Waals surface area contributed by atoms with Crippen LogP contribution in [0.4, 0.5) is 4.39 Å². The number of hydrogen-bond donors (Lipinski definition) is 1. The molecule has 0 spiro atoms. The molecule has 0 bridgehead atoms. The lowest BCUT2D eigenvalue weighted by Gasteiger charge is -2.15. The topological polar surface area (TPSA) is 85.9 Å². The van der Waals surface area contributed by atoms with Crippen LogP contribution in [0.2, 0.25) is 0 Å². The number of benzene rings is 3. The van der Waals surface area contributed by atoms with E-state index >= 15 is 0 Å². The van der Waals surface area contributed by atoms with Crippen molar-refractivity contribution in [3.05, 3.63) is 111 Å². The molecule has 6 rings (SSSR count). The molecular formula is C29H25FN4O3. The molecule has 0 saturated carbocycles. The molecular weight excluding hydrogens is 471 g/mol. The van der Waals surface area contributed by atoms with E-state index in [4.69, 9.17) is 14.2 Å². The Bertz CT molecular complexity index is 1730. The summed E-state index contributed by atoms with van der Waals surface area (Å²) in [7, 11) is 0. The van der Waals surface area contributed by atoms with Crippen LogP contribution in [0.3, 0.4) is 0 Å². The second-order valence-electron chi connectivity index (χ2n) is 9.22. The summed E-state index contributed by atoms with van der Waals surface area (Å²) in [5.74, 6) is 0.798. The number of ether oxygens (including phenoxy) is 1. The SMILES string of the molecule is CCCc1nc2ccccc2n1Cc1ccc2c(c1)COc1cc(F)ccc1/C2=C(\C)c1noc(=O)[nH]1. The Morgan fingerprint density at radius 3 is 2.76 bits per heavy atom. The number of fused-ring (bicyclic) bond motifs is 3. The Labute approximate surface area is 212 Å². The van der Waals surface area contributed by atoms with Crippen LogP contribution in [0.15, 0.2) is 70.0 Å². The van der Waals surface area contributed by atoms with E-state index in [0.717, 1.165) is 57.5 Å². The third-order valence-corrected chi connectivity index (χ3v) is 6.75. The maximum absolute atomic E-state index is 14.1. The lowest BCUT2D eigenvalue weighted by molar-refractivity contribution is 0.305. The molecule has 3 aromatic carbocycles. The molecule has 0 saturated heterocycles. The van der Waals surface area contributed by atoms with Gasteiger partial charge in [-0.25, -0.2) is 14.2 Å². The highest BCUT2D eigenvalue weighted by Crippen LogP contribution is 2.41. The first-order valence-corrected chi connectivity index (χ1v) is 12.3. The van der Waals surface area contributed by atoms with Crippen molar-refractivity contribution in [3.63, 3.8) is 0 Å². The second-order valence-corrected chi connectivity index (χ2v) is 9.22. The van der Waals surface area contributed by atoms with E-state index in [-0.39, 0.29) is 12.4 Å². The smallest absolute Gasteiger partial charge is 0.439 e. The molecule has 0 unspecified atom stereocenters.